The van der Waals surface area contributed by atoms with Gasteiger partial charge in [0.15, 0.2) is 0 Å². The molecule has 106 valence electrons. The molecular formula is C17H15ClN2S. The number of benzene rings is 2. The molecule has 0 unspecified atom stereocenters. The van der Waals surface area contributed by atoms with Gasteiger partial charge in [0.2, 0.25) is 0 Å². The van der Waals surface area contributed by atoms with Crippen LogP contribution in [0.2, 0.25) is 5.02 Å². The Balaban J connectivity index is 1.83. The van der Waals surface area contributed by atoms with Crippen LogP contribution in [0.1, 0.15) is 10.6 Å². The van der Waals surface area contributed by atoms with Gasteiger partial charge in [-0.25, -0.2) is 4.98 Å². The lowest BCUT2D eigenvalue weighted by molar-refractivity contribution is 1.13. The molecule has 1 heterocycles. The summed E-state index contributed by atoms with van der Waals surface area (Å²) < 4.78 is 1.15. The average Bonchev–Trinajstić information content (AvgIpc) is 2.87. The fourth-order valence-corrected chi connectivity index (χ4v) is 3.06. The lowest BCUT2D eigenvalue weighted by atomic mass is 10.2. The lowest BCUT2D eigenvalue weighted by Crippen LogP contribution is -2.07. The van der Waals surface area contributed by atoms with E-state index < -0.39 is 0 Å². The molecule has 0 aliphatic carbocycles. The fourth-order valence-electron chi connectivity index (χ4n) is 2.04. The van der Waals surface area contributed by atoms with Gasteiger partial charge in [-0.15, -0.1) is 11.3 Å². The van der Waals surface area contributed by atoms with Crippen LogP contribution in [0.4, 0.5) is 5.69 Å². The molecule has 0 amide bonds. The molecular weight excluding hydrogens is 300 g/mol. The molecule has 0 aliphatic heterocycles. The van der Waals surface area contributed by atoms with Crippen LogP contribution in [0.15, 0.2) is 42.5 Å². The summed E-state index contributed by atoms with van der Waals surface area (Å²) in [6, 6.07) is 14.2. The summed E-state index contributed by atoms with van der Waals surface area (Å²) in [5.74, 6) is 0. The first-order valence-corrected chi connectivity index (χ1v) is 7.83. The Morgan fingerprint density at radius 1 is 1.05 bits per heavy atom. The molecule has 0 fully saturated rings. The normalized spacial score (nSPS) is 11.4. The van der Waals surface area contributed by atoms with E-state index >= 15 is 0 Å². The van der Waals surface area contributed by atoms with Crippen molar-refractivity contribution in [3.63, 3.8) is 0 Å². The highest BCUT2D eigenvalue weighted by Crippen LogP contribution is 2.26. The third-order valence-electron chi connectivity index (χ3n) is 3.19. The predicted octanol–water partition coefficient (Wildman–Crippen LogP) is 5.19. The Bertz CT molecular complexity index is 788. The van der Waals surface area contributed by atoms with Crippen LogP contribution in [0, 0.1) is 0 Å². The van der Waals surface area contributed by atoms with Crippen molar-refractivity contribution in [2.75, 3.05) is 19.0 Å². The minimum atomic E-state index is 0.725. The molecule has 2 nitrogen and oxygen atoms in total. The van der Waals surface area contributed by atoms with Crippen LogP contribution in [0.3, 0.4) is 0 Å². The summed E-state index contributed by atoms with van der Waals surface area (Å²) in [6.45, 7) is 0. The maximum Gasteiger partial charge on any atom is 0.117 e. The molecule has 2 aromatic carbocycles. The Kier molecular flexibility index (Phi) is 3.95. The molecule has 3 rings (SSSR count). The van der Waals surface area contributed by atoms with Crippen molar-refractivity contribution in [3.05, 3.63) is 58.1 Å². The number of thiazole rings is 1. The van der Waals surface area contributed by atoms with E-state index in [2.05, 4.69) is 40.2 Å². The van der Waals surface area contributed by atoms with Gasteiger partial charge in [-0.05, 0) is 42.0 Å². The smallest absolute Gasteiger partial charge is 0.117 e. The van der Waals surface area contributed by atoms with Crippen LogP contribution in [-0.2, 0) is 0 Å². The highest BCUT2D eigenvalue weighted by atomic mass is 35.5. The summed E-state index contributed by atoms with van der Waals surface area (Å²) in [5, 5.41) is 1.71. The molecule has 0 saturated carbocycles. The van der Waals surface area contributed by atoms with Crippen LogP contribution < -0.4 is 4.90 Å². The molecule has 4 heteroatoms. The molecule has 0 spiro atoms. The molecule has 0 bridgehead atoms. The second-order valence-electron chi connectivity index (χ2n) is 4.98. The van der Waals surface area contributed by atoms with E-state index in [1.54, 1.807) is 11.3 Å². The second-order valence-corrected chi connectivity index (χ2v) is 6.48. The van der Waals surface area contributed by atoms with Crippen molar-refractivity contribution in [2.45, 2.75) is 0 Å². The quantitative estimate of drug-likeness (QED) is 0.661. The van der Waals surface area contributed by atoms with Gasteiger partial charge in [0.25, 0.3) is 0 Å². The summed E-state index contributed by atoms with van der Waals surface area (Å²) in [4.78, 5) is 6.66. The summed E-state index contributed by atoms with van der Waals surface area (Å²) in [6.07, 6.45) is 4.13. The van der Waals surface area contributed by atoms with Crippen molar-refractivity contribution in [3.8, 4) is 0 Å². The van der Waals surface area contributed by atoms with Gasteiger partial charge in [0, 0.05) is 24.8 Å². The Hall–Kier alpha value is -1.84. The number of nitrogens with zero attached hydrogens (tertiary/aromatic N) is 2. The molecule has 0 aliphatic rings. The van der Waals surface area contributed by atoms with Crippen molar-refractivity contribution in [1.82, 2.24) is 4.98 Å². The first kappa shape index (κ1) is 14.1. The molecule has 0 saturated heterocycles. The molecule has 3 aromatic rings. The molecule has 0 radical (unpaired) electrons. The molecule has 21 heavy (non-hydrogen) atoms. The first-order chi connectivity index (χ1) is 10.1. The zero-order valence-electron chi connectivity index (χ0n) is 11.9. The number of aromatic nitrogens is 1. The van der Waals surface area contributed by atoms with Crippen molar-refractivity contribution < 1.29 is 0 Å². The zero-order valence-corrected chi connectivity index (χ0v) is 13.4. The Morgan fingerprint density at radius 3 is 2.52 bits per heavy atom. The lowest BCUT2D eigenvalue weighted by Gasteiger charge is -2.11. The fraction of sp³-hybridized carbons (Fsp3) is 0.118. The topological polar surface area (TPSA) is 16.1 Å². The highest BCUT2D eigenvalue weighted by Gasteiger charge is 2.01. The van der Waals surface area contributed by atoms with Gasteiger partial charge in [0.1, 0.15) is 5.01 Å². The Morgan fingerprint density at radius 2 is 1.81 bits per heavy atom. The van der Waals surface area contributed by atoms with Crippen LogP contribution >= 0.6 is 22.9 Å². The summed E-state index contributed by atoms with van der Waals surface area (Å²) >= 11 is 7.65. The Labute approximate surface area is 133 Å². The SMILES string of the molecule is CN(C)c1ccc(/C=C/c2nc3cc(Cl)ccc3s2)cc1. The number of hydrogen-bond donors (Lipinski definition) is 0. The van der Waals surface area contributed by atoms with Gasteiger partial charge in [-0.1, -0.05) is 29.8 Å². The van der Waals surface area contributed by atoms with E-state index in [-0.39, 0.29) is 0 Å². The number of rotatable bonds is 3. The summed E-state index contributed by atoms with van der Waals surface area (Å²) in [7, 11) is 4.08. The highest BCUT2D eigenvalue weighted by molar-refractivity contribution is 7.19. The monoisotopic (exact) mass is 314 g/mol. The summed E-state index contributed by atoms with van der Waals surface area (Å²) in [5.41, 5.74) is 3.31. The second kappa shape index (κ2) is 5.88. The minimum Gasteiger partial charge on any atom is -0.378 e. The number of hydrogen-bond acceptors (Lipinski definition) is 3. The van der Waals surface area contributed by atoms with Crippen LogP contribution in [-0.4, -0.2) is 19.1 Å². The van der Waals surface area contributed by atoms with Gasteiger partial charge < -0.3 is 4.90 Å². The molecule has 1 aromatic heterocycles. The van der Waals surface area contributed by atoms with E-state index in [1.165, 1.54) is 5.69 Å². The largest absolute Gasteiger partial charge is 0.378 e. The zero-order chi connectivity index (χ0) is 14.8. The molecule has 0 N–H and O–H groups in total. The van der Waals surface area contributed by atoms with E-state index in [9.17, 15) is 0 Å². The third kappa shape index (κ3) is 3.26. The van der Waals surface area contributed by atoms with Crippen molar-refractivity contribution >= 4 is 51.0 Å². The van der Waals surface area contributed by atoms with Gasteiger partial charge in [0.05, 0.1) is 10.2 Å². The van der Waals surface area contributed by atoms with Crippen molar-refractivity contribution in [1.29, 1.82) is 0 Å². The average molecular weight is 315 g/mol. The molecule has 0 atom stereocenters. The minimum absolute atomic E-state index is 0.725. The number of anilines is 1. The number of halogens is 1. The maximum atomic E-state index is 5.98. The van der Waals surface area contributed by atoms with E-state index in [0.717, 1.165) is 25.8 Å². The first-order valence-electron chi connectivity index (χ1n) is 6.63. The van der Waals surface area contributed by atoms with Gasteiger partial charge >= 0.3 is 0 Å². The van der Waals surface area contributed by atoms with E-state index in [0.29, 0.717) is 0 Å². The predicted molar refractivity (Wildman–Crippen MR) is 94.3 cm³/mol. The van der Waals surface area contributed by atoms with Crippen LogP contribution in [0.5, 0.6) is 0 Å². The standard InChI is InChI=1S/C17H15ClN2S/c1-20(2)14-7-3-12(4-8-14)5-10-17-19-15-11-13(18)6-9-16(15)21-17/h3-11H,1-2H3/b10-5+. The van der Waals surface area contributed by atoms with E-state index in [4.69, 9.17) is 11.6 Å². The van der Waals surface area contributed by atoms with Crippen LogP contribution in [0.25, 0.3) is 22.4 Å². The van der Waals surface area contributed by atoms with E-state index in [1.807, 2.05) is 38.4 Å². The van der Waals surface area contributed by atoms with Gasteiger partial charge in [-0.2, -0.15) is 0 Å². The van der Waals surface area contributed by atoms with Crippen molar-refractivity contribution in [2.24, 2.45) is 0 Å². The van der Waals surface area contributed by atoms with Gasteiger partial charge in [-0.3, -0.25) is 0 Å². The number of fused-ring (bicyclic) bond motifs is 1. The maximum absolute atomic E-state index is 5.98. The third-order valence-corrected chi connectivity index (χ3v) is 4.43.